The highest BCUT2D eigenvalue weighted by molar-refractivity contribution is 4.89. The van der Waals surface area contributed by atoms with E-state index in [-0.39, 0.29) is 16.5 Å². The van der Waals surface area contributed by atoms with Gasteiger partial charge < -0.3 is 0 Å². The fraction of sp³-hybridized carbons (Fsp3) is 1.00. The standard InChI is InChI=1S/C19H42N2/c1-15(2)20(17(5,6)7)13-19(11,12)14-21(16(3)4)18(8,9)10/h15-16H,13-14H2,1-12H3. The molecule has 2 heteroatoms. The Morgan fingerprint density at radius 1 is 0.571 bits per heavy atom. The summed E-state index contributed by atoms with van der Waals surface area (Å²) in [5.41, 5.74) is 0.709. The van der Waals surface area contributed by atoms with E-state index < -0.39 is 0 Å². The molecule has 0 saturated carbocycles. The highest BCUT2D eigenvalue weighted by atomic mass is 15.2. The van der Waals surface area contributed by atoms with Crippen LogP contribution in [-0.2, 0) is 0 Å². The summed E-state index contributed by atoms with van der Waals surface area (Å²) in [5, 5.41) is 0. The Hall–Kier alpha value is -0.0800. The van der Waals surface area contributed by atoms with Gasteiger partial charge in [0.05, 0.1) is 0 Å². The van der Waals surface area contributed by atoms with Crippen molar-refractivity contribution in [2.75, 3.05) is 13.1 Å². The van der Waals surface area contributed by atoms with Crippen molar-refractivity contribution >= 4 is 0 Å². The van der Waals surface area contributed by atoms with E-state index in [0.717, 1.165) is 13.1 Å². The summed E-state index contributed by atoms with van der Waals surface area (Å²) in [6.45, 7) is 30.3. The number of nitrogens with zero attached hydrogens (tertiary/aromatic N) is 2. The van der Waals surface area contributed by atoms with Crippen molar-refractivity contribution in [3.8, 4) is 0 Å². The Labute approximate surface area is 135 Å². The zero-order chi connectivity index (χ0) is 17.2. The van der Waals surface area contributed by atoms with Crippen LogP contribution in [0.15, 0.2) is 0 Å². The first-order valence-corrected chi connectivity index (χ1v) is 8.61. The molecule has 0 aromatic heterocycles. The summed E-state index contributed by atoms with van der Waals surface area (Å²) in [7, 11) is 0. The Kier molecular flexibility index (Phi) is 6.97. The molecule has 0 radical (unpaired) electrons. The average molecular weight is 299 g/mol. The largest absolute Gasteiger partial charge is 0.296 e. The third-order valence-electron chi connectivity index (χ3n) is 4.17. The maximum atomic E-state index is 2.63. The molecule has 21 heavy (non-hydrogen) atoms. The molecule has 0 aliphatic carbocycles. The molecule has 0 heterocycles. The zero-order valence-electron chi connectivity index (χ0n) is 17.0. The Bertz CT molecular complexity index is 273. The minimum Gasteiger partial charge on any atom is -0.296 e. The Morgan fingerprint density at radius 2 is 0.810 bits per heavy atom. The van der Waals surface area contributed by atoms with Crippen LogP contribution in [0, 0.1) is 5.41 Å². The van der Waals surface area contributed by atoms with Crippen molar-refractivity contribution in [1.82, 2.24) is 9.80 Å². The highest BCUT2D eigenvalue weighted by Gasteiger charge is 2.34. The molecule has 0 amide bonds. The lowest BCUT2D eigenvalue weighted by Crippen LogP contribution is -2.55. The topological polar surface area (TPSA) is 6.48 Å². The van der Waals surface area contributed by atoms with E-state index in [4.69, 9.17) is 0 Å². The van der Waals surface area contributed by atoms with E-state index in [9.17, 15) is 0 Å². The minimum absolute atomic E-state index is 0.218. The minimum atomic E-state index is 0.218. The van der Waals surface area contributed by atoms with Crippen LogP contribution in [0.25, 0.3) is 0 Å². The fourth-order valence-electron chi connectivity index (χ4n) is 3.36. The van der Waals surface area contributed by atoms with Crippen molar-refractivity contribution in [3.63, 3.8) is 0 Å². The van der Waals surface area contributed by atoms with Crippen LogP contribution in [-0.4, -0.2) is 46.1 Å². The SMILES string of the molecule is CC(C)N(CC(C)(C)CN(C(C)C)C(C)(C)C)C(C)(C)C. The van der Waals surface area contributed by atoms with Crippen molar-refractivity contribution in [3.05, 3.63) is 0 Å². The van der Waals surface area contributed by atoms with Crippen LogP contribution in [0.5, 0.6) is 0 Å². The van der Waals surface area contributed by atoms with Gasteiger partial charge in [0.15, 0.2) is 0 Å². The van der Waals surface area contributed by atoms with Crippen molar-refractivity contribution in [2.24, 2.45) is 5.41 Å². The smallest absolute Gasteiger partial charge is 0.0127 e. The predicted octanol–water partition coefficient (Wildman–Crippen LogP) is 5.03. The quantitative estimate of drug-likeness (QED) is 0.678. The van der Waals surface area contributed by atoms with E-state index in [2.05, 4.69) is 92.9 Å². The third kappa shape index (κ3) is 7.15. The normalized spacial score (nSPS) is 14.9. The molecule has 0 aliphatic rings. The molecule has 0 N–H and O–H groups in total. The van der Waals surface area contributed by atoms with Gasteiger partial charge in [0, 0.05) is 36.3 Å². The first-order valence-electron chi connectivity index (χ1n) is 8.61. The lowest BCUT2D eigenvalue weighted by molar-refractivity contribution is 0.00669. The molecule has 0 spiro atoms. The maximum Gasteiger partial charge on any atom is 0.0127 e. The summed E-state index contributed by atoms with van der Waals surface area (Å²) >= 11 is 0. The van der Waals surface area contributed by atoms with Gasteiger partial charge in [-0.05, 0) is 74.7 Å². The van der Waals surface area contributed by atoms with Gasteiger partial charge in [-0.3, -0.25) is 9.80 Å². The molecule has 2 nitrogen and oxygen atoms in total. The second-order valence-electron chi connectivity index (χ2n) is 9.95. The summed E-state index contributed by atoms with van der Waals surface area (Å²) in [5.74, 6) is 0. The van der Waals surface area contributed by atoms with Crippen LogP contribution in [0.1, 0.15) is 83.1 Å². The van der Waals surface area contributed by atoms with Crippen LogP contribution in [0.4, 0.5) is 0 Å². The van der Waals surface area contributed by atoms with Gasteiger partial charge in [-0.15, -0.1) is 0 Å². The lowest BCUT2D eigenvalue weighted by atomic mass is 9.86. The van der Waals surface area contributed by atoms with Gasteiger partial charge in [-0.25, -0.2) is 0 Å². The van der Waals surface area contributed by atoms with E-state index in [1.54, 1.807) is 0 Å². The molecular weight excluding hydrogens is 256 g/mol. The molecule has 0 saturated heterocycles. The molecule has 0 bridgehead atoms. The number of hydrogen-bond acceptors (Lipinski definition) is 2. The van der Waals surface area contributed by atoms with E-state index in [1.165, 1.54) is 0 Å². The van der Waals surface area contributed by atoms with Crippen LogP contribution in [0.2, 0.25) is 0 Å². The van der Waals surface area contributed by atoms with E-state index in [1.807, 2.05) is 0 Å². The molecule has 0 aromatic carbocycles. The molecule has 0 fully saturated rings. The van der Waals surface area contributed by atoms with Gasteiger partial charge in [0.1, 0.15) is 0 Å². The zero-order valence-corrected chi connectivity index (χ0v) is 17.0. The molecule has 0 atom stereocenters. The van der Waals surface area contributed by atoms with Crippen molar-refractivity contribution in [1.29, 1.82) is 0 Å². The summed E-state index contributed by atoms with van der Waals surface area (Å²) in [6.07, 6.45) is 0. The van der Waals surface area contributed by atoms with Gasteiger partial charge >= 0.3 is 0 Å². The first kappa shape index (κ1) is 20.9. The van der Waals surface area contributed by atoms with Crippen LogP contribution < -0.4 is 0 Å². The molecule has 0 aliphatic heterocycles. The monoisotopic (exact) mass is 298 g/mol. The van der Waals surface area contributed by atoms with E-state index in [0.29, 0.717) is 12.1 Å². The molecule has 0 unspecified atom stereocenters. The van der Waals surface area contributed by atoms with Crippen molar-refractivity contribution < 1.29 is 0 Å². The van der Waals surface area contributed by atoms with Crippen molar-refractivity contribution in [2.45, 2.75) is 106 Å². The molecule has 0 rings (SSSR count). The first-order chi connectivity index (χ1) is 9.08. The maximum absolute atomic E-state index is 2.63. The Morgan fingerprint density at radius 3 is 0.952 bits per heavy atom. The van der Waals surface area contributed by atoms with Gasteiger partial charge in [-0.1, -0.05) is 13.8 Å². The van der Waals surface area contributed by atoms with Crippen LogP contribution >= 0.6 is 0 Å². The second kappa shape index (κ2) is 7.00. The summed E-state index contributed by atoms with van der Waals surface area (Å²) < 4.78 is 0. The highest BCUT2D eigenvalue weighted by Crippen LogP contribution is 2.29. The molecule has 128 valence electrons. The summed E-state index contributed by atoms with van der Waals surface area (Å²) in [4.78, 5) is 5.27. The molecular formula is C19H42N2. The number of rotatable bonds is 6. The van der Waals surface area contributed by atoms with E-state index >= 15 is 0 Å². The van der Waals surface area contributed by atoms with Gasteiger partial charge in [0.25, 0.3) is 0 Å². The third-order valence-corrected chi connectivity index (χ3v) is 4.17. The second-order valence-corrected chi connectivity index (χ2v) is 9.95. The van der Waals surface area contributed by atoms with Crippen LogP contribution in [0.3, 0.4) is 0 Å². The number of hydrogen-bond donors (Lipinski definition) is 0. The Balaban J connectivity index is 5.12. The van der Waals surface area contributed by atoms with Gasteiger partial charge in [-0.2, -0.15) is 0 Å². The lowest BCUT2D eigenvalue weighted by Gasteiger charge is -2.48. The fourth-order valence-corrected chi connectivity index (χ4v) is 3.36. The predicted molar refractivity (Wildman–Crippen MR) is 97.0 cm³/mol. The average Bonchev–Trinajstić information content (AvgIpc) is 2.19. The molecule has 0 aromatic rings. The summed E-state index contributed by atoms with van der Waals surface area (Å²) in [6, 6.07) is 1.15. The van der Waals surface area contributed by atoms with Gasteiger partial charge in [0.2, 0.25) is 0 Å².